The molecule has 4 rings (SSSR count). The number of H-pyrrole nitrogens is 1. The summed E-state index contributed by atoms with van der Waals surface area (Å²) in [6, 6.07) is 9.15. The second-order valence-electron chi connectivity index (χ2n) is 6.76. The first-order chi connectivity index (χ1) is 13.4. The van der Waals surface area contributed by atoms with Gasteiger partial charge in [-0.15, -0.1) is 0 Å². The van der Waals surface area contributed by atoms with Crippen LogP contribution in [-0.4, -0.2) is 14.5 Å². The number of benzene rings is 2. The Morgan fingerprint density at radius 2 is 1.86 bits per heavy atom. The fraction of sp³-hybridized carbons (Fsp3) is 0.143. The van der Waals surface area contributed by atoms with Crippen LogP contribution in [0.2, 0.25) is 0 Å². The number of aryl methyl sites for hydroxylation is 2. The molecule has 0 aliphatic heterocycles. The van der Waals surface area contributed by atoms with E-state index >= 15 is 0 Å². The van der Waals surface area contributed by atoms with Crippen LogP contribution in [0.5, 0.6) is 0 Å². The Labute approximate surface area is 159 Å². The number of nitrogens with one attached hydrogen (secondary N) is 2. The lowest BCUT2D eigenvalue weighted by Gasteiger charge is -2.16. The van der Waals surface area contributed by atoms with Crippen LogP contribution in [-0.2, 0) is 6.54 Å². The quantitative estimate of drug-likeness (QED) is 0.551. The van der Waals surface area contributed by atoms with Crippen LogP contribution >= 0.6 is 0 Å². The number of rotatable bonds is 4. The third-order valence-electron chi connectivity index (χ3n) is 4.69. The molecule has 28 heavy (non-hydrogen) atoms. The fourth-order valence-corrected chi connectivity index (χ4v) is 3.26. The van der Waals surface area contributed by atoms with Crippen LogP contribution < -0.4 is 10.9 Å². The molecule has 0 unspecified atom stereocenters. The van der Waals surface area contributed by atoms with Gasteiger partial charge in [-0.05, 0) is 55.3 Å². The standard InChI is InChI=1S/C21H18F2N4O/c1-12-10-27(11-14-7-15(22)9-16(23)8-14)21(26-20(12)28)25-18-3-4-19-17(13(18)2)5-6-24-19/h3-10,24H,11H2,1-2H3,(H,25,26,28). The molecule has 142 valence electrons. The van der Waals surface area contributed by atoms with E-state index < -0.39 is 11.6 Å². The van der Waals surface area contributed by atoms with Crippen molar-refractivity contribution in [2.45, 2.75) is 20.4 Å². The third-order valence-corrected chi connectivity index (χ3v) is 4.69. The lowest BCUT2D eigenvalue weighted by atomic mass is 10.1. The maximum absolute atomic E-state index is 13.6. The van der Waals surface area contributed by atoms with Crippen molar-refractivity contribution in [3.63, 3.8) is 0 Å². The van der Waals surface area contributed by atoms with Gasteiger partial charge in [-0.25, -0.2) is 8.78 Å². The van der Waals surface area contributed by atoms with Crippen LogP contribution in [0.4, 0.5) is 20.4 Å². The van der Waals surface area contributed by atoms with E-state index in [0.29, 0.717) is 17.1 Å². The summed E-state index contributed by atoms with van der Waals surface area (Å²) in [5.41, 5.74) is 3.32. The second-order valence-corrected chi connectivity index (χ2v) is 6.76. The van der Waals surface area contributed by atoms with E-state index in [4.69, 9.17) is 0 Å². The molecule has 0 aliphatic carbocycles. The Morgan fingerprint density at radius 3 is 2.61 bits per heavy atom. The van der Waals surface area contributed by atoms with E-state index in [-0.39, 0.29) is 12.1 Å². The van der Waals surface area contributed by atoms with Gasteiger partial charge in [-0.3, -0.25) is 4.79 Å². The van der Waals surface area contributed by atoms with Gasteiger partial charge in [0.25, 0.3) is 5.56 Å². The zero-order chi connectivity index (χ0) is 19.8. The highest BCUT2D eigenvalue weighted by molar-refractivity contribution is 5.88. The van der Waals surface area contributed by atoms with Crippen LogP contribution in [0.15, 0.2) is 53.6 Å². The number of anilines is 2. The molecule has 0 saturated heterocycles. The summed E-state index contributed by atoms with van der Waals surface area (Å²) >= 11 is 0. The molecule has 2 aromatic heterocycles. The van der Waals surface area contributed by atoms with Crippen molar-refractivity contribution in [3.8, 4) is 0 Å². The van der Waals surface area contributed by atoms with E-state index in [9.17, 15) is 13.6 Å². The van der Waals surface area contributed by atoms with Gasteiger partial charge in [-0.1, -0.05) is 0 Å². The first kappa shape index (κ1) is 17.9. The normalized spacial score (nSPS) is 11.1. The van der Waals surface area contributed by atoms with E-state index in [1.54, 1.807) is 17.7 Å². The molecule has 0 bridgehead atoms. The van der Waals surface area contributed by atoms with Crippen molar-refractivity contribution in [3.05, 3.63) is 87.5 Å². The van der Waals surface area contributed by atoms with Crippen LogP contribution in [0, 0.1) is 25.5 Å². The minimum Gasteiger partial charge on any atom is -0.361 e. The average molecular weight is 380 g/mol. The van der Waals surface area contributed by atoms with Crippen molar-refractivity contribution < 1.29 is 8.78 Å². The summed E-state index contributed by atoms with van der Waals surface area (Å²) in [4.78, 5) is 19.4. The highest BCUT2D eigenvalue weighted by Crippen LogP contribution is 2.27. The molecule has 0 atom stereocenters. The van der Waals surface area contributed by atoms with E-state index in [0.717, 1.165) is 28.2 Å². The maximum atomic E-state index is 13.6. The van der Waals surface area contributed by atoms with Crippen molar-refractivity contribution in [2.24, 2.45) is 0 Å². The Hall–Kier alpha value is -3.48. The lowest BCUT2D eigenvalue weighted by Crippen LogP contribution is -2.19. The number of fused-ring (bicyclic) bond motifs is 1. The lowest BCUT2D eigenvalue weighted by molar-refractivity contribution is 0.577. The number of hydrogen-bond acceptors (Lipinski definition) is 3. The van der Waals surface area contributed by atoms with E-state index in [1.165, 1.54) is 12.1 Å². The largest absolute Gasteiger partial charge is 0.361 e. The summed E-state index contributed by atoms with van der Waals surface area (Å²) in [6.45, 7) is 3.78. The molecule has 0 radical (unpaired) electrons. The van der Waals surface area contributed by atoms with Crippen LogP contribution in [0.25, 0.3) is 10.9 Å². The first-order valence-electron chi connectivity index (χ1n) is 8.77. The van der Waals surface area contributed by atoms with Gasteiger partial charge in [-0.2, -0.15) is 4.98 Å². The molecule has 7 heteroatoms. The number of aromatic amines is 1. The number of halogens is 2. The average Bonchev–Trinajstić information content (AvgIpc) is 3.10. The minimum atomic E-state index is -0.649. The van der Waals surface area contributed by atoms with Gasteiger partial charge in [0.2, 0.25) is 5.95 Å². The number of aromatic nitrogens is 3. The summed E-state index contributed by atoms with van der Waals surface area (Å²) in [7, 11) is 0. The van der Waals surface area contributed by atoms with Gasteiger partial charge < -0.3 is 14.9 Å². The zero-order valence-electron chi connectivity index (χ0n) is 15.4. The molecule has 2 heterocycles. The Kier molecular flexibility index (Phi) is 4.43. The molecule has 5 nitrogen and oxygen atoms in total. The highest BCUT2D eigenvalue weighted by atomic mass is 19.1. The van der Waals surface area contributed by atoms with Gasteiger partial charge in [0.1, 0.15) is 11.6 Å². The molecule has 0 aliphatic rings. The summed E-state index contributed by atoms with van der Waals surface area (Å²) < 4.78 is 28.8. The van der Waals surface area contributed by atoms with Gasteiger partial charge in [0, 0.05) is 40.6 Å². The Balaban J connectivity index is 1.76. The number of nitrogens with zero attached hydrogens (tertiary/aromatic N) is 2. The SMILES string of the molecule is Cc1cn(Cc2cc(F)cc(F)c2)c(Nc2ccc3[nH]ccc3c2C)nc1=O. The molecular weight excluding hydrogens is 362 g/mol. The number of hydrogen-bond donors (Lipinski definition) is 2. The topological polar surface area (TPSA) is 62.7 Å². The van der Waals surface area contributed by atoms with Gasteiger partial charge in [0.05, 0.1) is 6.54 Å². The van der Waals surface area contributed by atoms with Crippen molar-refractivity contribution in [2.75, 3.05) is 5.32 Å². The van der Waals surface area contributed by atoms with Crippen molar-refractivity contribution in [1.82, 2.24) is 14.5 Å². The minimum absolute atomic E-state index is 0.163. The molecule has 0 spiro atoms. The summed E-state index contributed by atoms with van der Waals surface area (Å²) in [6.07, 6.45) is 3.49. The zero-order valence-corrected chi connectivity index (χ0v) is 15.4. The molecule has 2 N–H and O–H groups in total. The molecule has 2 aromatic carbocycles. The Bertz CT molecular complexity index is 1220. The summed E-state index contributed by atoms with van der Waals surface area (Å²) in [5, 5.41) is 4.24. The second kappa shape index (κ2) is 6.92. The van der Waals surface area contributed by atoms with Gasteiger partial charge in [0.15, 0.2) is 0 Å². The van der Waals surface area contributed by atoms with E-state index in [1.807, 2.05) is 31.3 Å². The smallest absolute Gasteiger partial charge is 0.277 e. The highest BCUT2D eigenvalue weighted by Gasteiger charge is 2.11. The molecule has 0 fully saturated rings. The summed E-state index contributed by atoms with van der Waals surface area (Å²) in [5.74, 6) is -0.994. The molecular formula is C21H18F2N4O. The Morgan fingerprint density at radius 1 is 1.11 bits per heavy atom. The monoisotopic (exact) mass is 380 g/mol. The molecule has 0 saturated carbocycles. The predicted octanol–water partition coefficient (Wildman–Crippen LogP) is 4.41. The van der Waals surface area contributed by atoms with Crippen molar-refractivity contribution in [1.29, 1.82) is 0 Å². The maximum Gasteiger partial charge on any atom is 0.277 e. The fourth-order valence-electron chi connectivity index (χ4n) is 3.26. The third kappa shape index (κ3) is 3.38. The van der Waals surface area contributed by atoms with Crippen molar-refractivity contribution >= 4 is 22.5 Å². The predicted molar refractivity (Wildman–Crippen MR) is 105 cm³/mol. The molecule has 0 amide bonds. The van der Waals surface area contributed by atoms with Crippen LogP contribution in [0.3, 0.4) is 0 Å². The van der Waals surface area contributed by atoms with Crippen LogP contribution in [0.1, 0.15) is 16.7 Å². The molecule has 4 aromatic rings. The van der Waals surface area contributed by atoms with E-state index in [2.05, 4.69) is 15.3 Å². The van der Waals surface area contributed by atoms with Gasteiger partial charge >= 0.3 is 0 Å². The first-order valence-corrected chi connectivity index (χ1v) is 8.77.